The van der Waals surface area contributed by atoms with Crippen LogP contribution in [0.2, 0.25) is 0 Å². The summed E-state index contributed by atoms with van der Waals surface area (Å²) >= 11 is 6.12. The van der Waals surface area contributed by atoms with Gasteiger partial charge in [-0.1, -0.05) is 90.5 Å². The Bertz CT molecular complexity index is 6230. The van der Waals surface area contributed by atoms with Crippen molar-refractivity contribution in [3.8, 4) is 5.75 Å². The molecule has 596 valence electrons. The summed E-state index contributed by atoms with van der Waals surface area (Å²) in [5.41, 5.74) is 43.1. The summed E-state index contributed by atoms with van der Waals surface area (Å²) in [6.45, 7) is 16.3. The van der Waals surface area contributed by atoms with Gasteiger partial charge in [0.2, 0.25) is 0 Å². The Hall–Kier alpha value is -12.7. The Morgan fingerprint density at radius 3 is 1.19 bits per heavy atom. The number of ether oxygens (including phenoxy) is 1. The zero-order valence-corrected chi connectivity index (χ0v) is 69.3. The van der Waals surface area contributed by atoms with E-state index in [2.05, 4.69) is 83.4 Å². The second-order valence-electron chi connectivity index (χ2n) is 26.5. The Balaban J connectivity index is 0.000000143. The molecule has 15 aromatic rings. The molecule has 0 fully saturated rings. The number of nitrogens with zero attached hydrogens (tertiary/aromatic N) is 10. The van der Waals surface area contributed by atoms with Crippen LogP contribution in [0.15, 0.2) is 145 Å². The molecule has 15 rings (SSSR count). The molecule has 0 bridgehead atoms. The Morgan fingerprint density at radius 2 is 0.793 bits per heavy atom. The molecule has 27 nitrogen and oxygen atoms in total. The molecule has 0 spiro atoms. The molecular weight excluding hydrogens is 1600 g/mol. The van der Waals surface area contributed by atoms with Gasteiger partial charge in [0.25, 0.3) is 29.5 Å². The molecule has 10 heterocycles. The first kappa shape index (κ1) is 84.2. The van der Waals surface area contributed by atoms with Gasteiger partial charge in [-0.15, -0.1) is 82.2 Å². The number of nitrogens with one attached hydrogen (secondary N) is 5. The van der Waals surface area contributed by atoms with Gasteiger partial charge in [0, 0.05) is 81.9 Å². The molecule has 5 amide bonds. The molecular formula is C81H80F2N20O7S6. The Kier molecular flexibility index (Phi) is 26.9. The van der Waals surface area contributed by atoms with E-state index in [1.54, 1.807) is 87.3 Å². The molecule has 0 aliphatic carbocycles. The van der Waals surface area contributed by atoms with Crippen LogP contribution < -0.4 is 60.0 Å². The number of rotatable bonds is 17. The molecule has 116 heavy (non-hydrogen) atoms. The van der Waals surface area contributed by atoms with Crippen molar-refractivity contribution in [1.82, 2.24) is 77.6 Å². The average molecular weight is 1680 g/mol. The summed E-state index contributed by atoms with van der Waals surface area (Å²) in [6, 6.07) is 37.8. The number of nitrogen functional groups attached to an aromatic ring is 5. The van der Waals surface area contributed by atoms with Crippen molar-refractivity contribution in [1.29, 1.82) is 0 Å². The smallest absolute Gasteiger partial charge is 0.263 e. The number of benzene rings is 5. The van der Waals surface area contributed by atoms with E-state index in [0.29, 0.717) is 118 Å². The first-order valence-electron chi connectivity index (χ1n) is 35.4. The SMILES string of the molecule is C=S(C)(=O)c1ccc(CNC(=O)c2sc3nnccc3c2N)cc1.COc1ccc(CNC(=O)c2sc3nnccc3c2N)cc1.Cc1ccc(F)c(CNC(=O)c2sc3nnc(C)c(C)c3c2N)c1.Cc1cccc(CNC(=O)c2sc3nnc(C)c(C)c3c2N)c1F.Cc1nnc2sc(C(=O)NCc3ccccc3)c(N)c2c1C. The lowest BCUT2D eigenvalue weighted by Crippen LogP contribution is -2.23. The number of methoxy groups -OCH3 is 1. The highest BCUT2D eigenvalue weighted by Crippen LogP contribution is 2.39. The maximum atomic E-state index is 14.0. The number of thiophene rings is 5. The number of amides is 5. The zero-order chi connectivity index (χ0) is 83.4. The van der Waals surface area contributed by atoms with Crippen LogP contribution in [0.3, 0.4) is 0 Å². The minimum absolute atomic E-state index is 0.101. The van der Waals surface area contributed by atoms with Crippen LogP contribution in [0.4, 0.5) is 37.2 Å². The number of carbonyl (C=O) groups is 5. The molecule has 0 radical (unpaired) electrons. The van der Waals surface area contributed by atoms with Crippen LogP contribution in [0.25, 0.3) is 51.1 Å². The van der Waals surface area contributed by atoms with Gasteiger partial charge in [0.15, 0.2) is 0 Å². The average Bonchev–Trinajstić information content (AvgIpc) is 1.63. The van der Waals surface area contributed by atoms with E-state index in [9.17, 15) is 37.0 Å². The standard InChI is InChI=1S/2C17H17FN4OS.C16H16N4O2S2.C16H16N4OS.C15H14N4O2S/c1-8-4-5-12(18)11(6-8)7-20-16(23)15-14(19)13-9(2)10(3)21-22-17(13)24-15;1-8-5-4-6-11(13(8)18)7-20-16(23)15-14(19)12-9(2)10(3)21-22-17(12)24-15;1-24(2,22)11-5-3-10(4-6-11)9-18-15(21)14-13(17)12-7-8-19-20-16(12)23-14;1-9-10(2)19-20-16-12(9)13(17)14(22-16)15(21)18-8-11-6-4-3-5-7-11;1-21-10-4-2-9(3-5-10)8-17-14(20)13-12(16)11-6-7-18-19-15(11)22-13/h2*4-6H,7,19H2,1-3H3,(H,20,23);3-8H,1,9,17H2,2H3,(H,18,21);3-7H,8,17H2,1-2H3,(H,18,21);2-7H,8,16H2,1H3,(H,17,20). The van der Waals surface area contributed by atoms with Crippen molar-refractivity contribution in [2.75, 3.05) is 42.0 Å². The van der Waals surface area contributed by atoms with Gasteiger partial charge in [-0.05, 0) is 152 Å². The maximum absolute atomic E-state index is 14.0. The summed E-state index contributed by atoms with van der Waals surface area (Å²) in [4.78, 5) is 68.0. The predicted octanol–water partition coefficient (Wildman–Crippen LogP) is 13.5. The largest absolute Gasteiger partial charge is 0.497 e. The highest BCUT2D eigenvalue weighted by atomic mass is 32.2. The molecule has 5 aromatic carbocycles. The molecule has 0 saturated heterocycles. The number of halogens is 2. The number of hydrogen-bond acceptors (Lipinski definition) is 27. The maximum Gasteiger partial charge on any atom is 0.263 e. The highest BCUT2D eigenvalue weighted by Gasteiger charge is 2.25. The van der Waals surface area contributed by atoms with Crippen molar-refractivity contribution >= 4 is 181 Å². The van der Waals surface area contributed by atoms with E-state index in [-0.39, 0.29) is 54.3 Å². The first-order chi connectivity index (χ1) is 55.4. The van der Waals surface area contributed by atoms with Gasteiger partial charge >= 0.3 is 0 Å². The summed E-state index contributed by atoms with van der Waals surface area (Å²) in [6.07, 6.45) is 4.70. The van der Waals surface area contributed by atoms with E-state index in [0.717, 1.165) is 88.7 Å². The summed E-state index contributed by atoms with van der Waals surface area (Å²) in [5.74, 6) is 2.45. The molecule has 15 N–H and O–H groups in total. The summed E-state index contributed by atoms with van der Waals surface area (Å²) in [5, 5.41) is 58.0. The van der Waals surface area contributed by atoms with E-state index < -0.39 is 9.52 Å². The third kappa shape index (κ3) is 19.6. The monoisotopic (exact) mass is 1670 g/mol. The van der Waals surface area contributed by atoms with Crippen molar-refractivity contribution in [3.05, 3.63) is 249 Å². The zero-order valence-electron chi connectivity index (χ0n) is 64.4. The third-order valence-corrected chi connectivity index (χ3v) is 25.2. The minimum atomic E-state index is -2.23. The number of anilines is 5. The second-order valence-corrected chi connectivity index (χ2v) is 34.0. The van der Waals surface area contributed by atoms with Crippen molar-refractivity contribution < 1.29 is 41.7 Å². The topological polar surface area (TPSA) is 431 Å². The summed E-state index contributed by atoms with van der Waals surface area (Å²) < 4.78 is 44.7. The molecule has 0 saturated carbocycles. The number of aromatic nitrogens is 10. The van der Waals surface area contributed by atoms with Crippen LogP contribution in [0.5, 0.6) is 5.75 Å². The molecule has 10 aromatic heterocycles. The summed E-state index contributed by atoms with van der Waals surface area (Å²) in [7, 11) is -0.614. The fourth-order valence-electron chi connectivity index (χ4n) is 11.5. The van der Waals surface area contributed by atoms with Crippen LogP contribution in [0, 0.1) is 67.0 Å². The van der Waals surface area contributed by atoms with Crippen molar-refractivity contribution in [2.45, 2.75) is 93.0 Å². The van der Waals surface area contributed by atoms with Gasteiger partial charge < -0.3 is 60.0 Å². The normalized spacial score (nSPS) is 11.4. The van der Waals surface area contributed by atoms with Crippen LogP contribution in [0.1, 0.15) is 121 Å². The number of hydrogen-bond donors (Lipinski definition) is 10. The lowest BCUT2D eigenvalue weighted by molar-refractivity contribution is 0.0947. The Labute approximate surface area is 685 Å². The Morgan fingerprint density at radius 1 is 0.422 bits per heavy atom. The second kappa shape index (κ2) is 37.1. The number of carbonyl (C=O) groups excluding carboxylic acids is 5. The molecule has 1 unspecified atom stereocenters. The molecule has 0 aliphatic rings. The lowest BCUT2D eigenvalue weighted by atomic mass is 10.1. The van der Waals surface area contributed by atoms with Gasteiger partial charge in [0.05, 0.1) is 65.0 Å². The van der Waals surface area contributed by atoms with Gasteiger partial charge in [0.1, 0.15) is 65.9 Å². The molecule has 0 aliphatic heterocycles. The quantitative estimate of drug-likeness (QED) is 0.0379. The van der Waals surface area contributed by atoms with E-state index in [1.165, 1.54) is 62.8 Å². The van der Waals surface area contributed by atoms with E-state index in [4.69, 9.17) is 33.4 Å². The third-order valence-electron chi connectivity index (χ3n) is 18.4. The van der Waals surface area contributed by atoms with E-state index >= 15 is 0 Å². The van der Waals surface area contributed by atoms with E-state index in [1.807, 2.05) is 115 Å². The lowest BCUT2D eigenvalue weighted by Gasteiger charge is -2.07. The number of nitrogens with two attached hydrogens (primary N) is 5. The molecule has 35 heteroatoms. The highest BCUT2D eigenvalue weighted by molar-refractivity contribution is 7.99. The van der Waals surface area contributed by atoms with Crippen molar-refractivity contribution in [2.24, 2.45) is 0 Å². The first-order valence-corrected chi connectivity index (χ1v) is 41.7. The number of aryl methyl sites for hydroxylation is 8. The minimum Gasteiger partial charge on any atom is -0.497 e. The predicted molar refractivity (Wildman–Crippen MR) is 461 cm³/mol. The van der Waals surface area contributed by atoms with Crippen LogP contribution in [-0.2, 0) is 42.2 Å². The van der Waals surface area contributed by atoms with Crippen LogP contribution in [-0.4, -0.2) is 104 Å². The van der Waals surface area contributed by atoms with Crippen molar-refractivity contribution in [3.63, 3.8) is 0 Å². The van der Waals surface area contributed by atoms with Gasteiger partial charge in [-0.3, -0.25) is 28.2 Å². The van der Waals surface area contributed by atoms with Gasteiger partial charge in [-0.25, -0.2) is 8.78 Å². The number of fused-ring (bicyclic) bond motifs is 5. The fourth-order valence-corrected chi connectivity index (χ4v) is 17.2. The fraction of sp³-hybridized carbons (Fsp3) is 0.185. The van der Waals surface area contributed by atoms with Crippen LogP contribution >= 0.6 is 56.7 Å². The molecule has 1 atom stereocenters. The van der Waals surface area contributed by atoms with Gasteiger partial charge in [-0.2, -0.15) is 25.5 Å².